The summed E-state index contributed by atoms with van der Waals surface area (Å²) in [4.78, 5) is 24.1. The molecule has 0 spiro atoms. The van der Waals surface area contributed by atoms with Crippen molar-refractivity contribution in [1.82, 2.24) is 9.78 Å². The van der Waals surface area contributed by atoms with Gasteiger partial charge in [0.15, 0.2) is 0 Å². The number of nitroso groups, excluding NO2 is 1. The molecule has 0 aliphatic carbocycles. The average Bonchev–Trinajstić information content (AvgIpc) is 3.05. The van der Waals surface area contributed by atoms with Gasteiger partial charge >= 0.3 is 0 Å². The summed E-state index contributed by atoms with van der Waals surface area (Å²) in [5, 5.41) is 7.59. The first-order valence-corrected chi connectivity index (χ1v) is 9.15. The molecule has 0 aliphatic rings. The van der Waals surface area contributed by atoms with Gasteiger partial charge in [-0.15, -0.1) is 0 Å². The minimum absolute atomic E-state index is 0.0255. The second kappa shape index (κ2) is 9.01. The summed E-state index contributed by atoms with van der Waals surface area (Å²) in [6.07, 6.45) is 1.32. The van der Waals surface area contributed by atoms with E-state index in [0.717, 1.165) is 34.8 Å². The maximum atomic E-state index is 11.6. The Morgan fingerprint density at radius 3 is 2.45 bits per heavy atom. The lowest BCUT2D eigenvalue weighted by atomic mass is 10.1. The summed E-state index contributed by atoms with van der Waals surface area (Å²) in [5.74, 6) is 0.749. The van der Waals surface area contributed by atoms with Crippen LogP contribution in [0.15, 0.2) is 53.7 Å². The van der Waals surface area contributed by atoms with E-state index in [1.807, 2.05) is 31.2 Å². The molecule has 0 saturated carbocycles. The molecule has 0 bridgehead atoms. The number of methoxy groups -OCH3 is 1. The van der Waals surface area contributed by atoms with E-state index in [9.17, 15) is 9.70 Å². The Balaban J connectivity index is 1.87. The molecule has 2 N–H and O–H groups in total. The van der Waals surface area contributed by atoms with Crippen LogP contribution in [0.4, 0.5) is 11.4 Å². The van der Waals surface area contributed by atoms with Gasteiger partial charge in [-0.1, -0.05) is 5.18 Å². The number of benzene rings is 2. The Bertz CT molecular complexity index is 981. The summed E-state index contributed by atoms with van der Waals surface area (Å²) in [6.45, 7) is 2.35. The Morgan fingerprint density at radius 2 is 1.86 bits per heavy atom. The summed E-state index contributed by atoms with van der Waals surface area (Å²) < 4.78 is 6.98. The van der Waals surface area contributed by atoms with Crippen molar-refractivity contribution in [1.29, 1.82) is 0 Å². The molecule has 3 aromatic rings. The van der Waals surface area contributed by atoms with Crippen molar-refractivity contribution in [3.05, 3.63) is 70.4 Å². The van der Waals surface area contributed by atoms with Crippen molar-refractivity contribution in [3.63, 3.8) is 0 Å². The van der Waals surface area contributed by atoms with Gasteiger partial charge in [0.2, 0.25) is 6.41 Å². The Hall–Kier alpha value is -3.68. The SMILES string of the molecule is COc1ccc(-n2nc(CN=O)c(CCN(C=O)c3ccc(N)cc3)c2C)cc1. The minimum Gasteiger partial charge on any atom is -0.497 e. The fraction of sp³-hybridized carbons (Fsp3) is 0.238. The van der Waals surface area contributed by atoms with Crippen LogP contribution in [-0.2, 0) is 17.8 Å². The van der Waals surface area contributed by atoms with Crippen LogP contribution < -0.4 is 15.4 Å². The van der Waals surface area contributed by atoms with E-state index in [2.05, 4.69) is 10.3 Å². The molecule has 1 aromatic heterocycles. The van der Waals surface area contributed by atoms with E-state index in [0.29, 0.717) is 24.3 Å². The van der Waals surface area contributed by atoms with Crippen molar-refractivity contribution in [2.24, 2.45) is 5.18 Å². The fourth-order valence-electron chi connectivity index (χ4n) is 3.22. The van der Waals surface area contributed by atoms with E-state index in [4.69, 9.17) is 10.5 Å². The van der Waals surface area contributed by atoms with Crippen molar-refractivity contribution < 1.29 is 9.53 Å². The first kappa shape index (κ1) is 20.1. The lowest BCUT2D eigenvalue weighted by Gasteiger charge is -2.17. The standard InChI is InChI=1S/C21H23N5O3/c1-15-20(11-12-25(14-27)17-5-3-16(22)4-6-17)21(13-23-28)24-26(15)18-7-9-19(29-2)10-8-18/h3-10,14H,11-13,22H2,1-2H3. The largest absolute Gasteiger partial charge is 0.497 e. The highest BCUT2D eigenvalue weighted by atomic mass is 16.5. The van der Waals surface area contributed by atoms with Gasteiger partial charge in [0, 0.05) is 29.2 Å². The quantitative estimate of drug-likeness (QED) is 0.341. The monoisotopic (exact) mass is 393 g/mol. The average molecular weight is 393 g/mol. The molecule has 0 fully saturated rings. The van der Waals surface area contributed by atoms with Crippen molar-refractivity contribution in [3.8, 4) is 11.4 Å². The summed E-state index contributed by atoms with van der Waals surface area (Å²) in [5.41, 5.74) is 10.4. The number of hydrogen-bond acceptors (Lipinski definition) is 6. The molecule has 8 nitrogen and oxygen atoms in total. The number of rotatable bonds is 9. The first-order valence-electron chi connectivity index (χ1n) is 9.15. The summed E-state index contributed by atoms with van der Waals surface area (Å²) >= 11 is 0. The first-order chi connectivity index (χ1) is 14.1. The van der Waals surface area contributed by atoms with Crippen molar-refractivity contribution >= 4 is 17.8 Å². The van der Waals surface area contributed by atoms with Crippen LogP contribution in [-0.4, -0.2) is 29.8 Å². The molecule has 1 heterocycles. The molecule has 29 heavy (non-hydrogen) atoms. The molecule has 0 aliphatic heterocycles. The third kappa shape index (κ3) is 4.43. The smallest absolute Gasteiger partial charge is 0.214 e. The van der Waals surface area contributed by atoms with Gasteiger partial charge in [-0.05, 0) is 61.9 Å². The van der Waals surface area contributed by atoms with Crippen molar-refractivity contribution in [2.75, 3.05) is 24.3 Å². The predicted octanol–water partition coefficient (Wildman–Crippen LogP) is 3.24. The van der Waals surface area contributed by atoms with Gasteiger partial charge in [0.05, 0.1) is 18.5 Å². The van der Waals surface area contributed by atoms with E-state index < -0.39 is 0 Å². The molecule has 2 aromatic carbocycles. The number of carbonyl (C=O) groups is 1. The molecule has 0 radical (unpaired) electrons. The topological polar surface area (TPSA) is 103 Å². The van der Waals surface area contributed by atoms with Gasteiger partial charge in [-0.2, -0.15) is 10.0 Å². The number of nitrogens with two attached hydrogens (primary N) is 1. The van der Waals surface area contributed by atoms with E-state index in [1.54, 1.807) is 41.0 Å². The van der Waals surface area contributed by atoms with E-state index in [-0.39, 0.29) is 6.54 Å². The molecule has 3 rings (SSSR count). The van der Waals surface area contributed by atoms with Crippen LogP contribution in [0.2, 0.25) is 0 Å². The zero-order chi connectivity index (χ0) is 20.8. The van der Waals surface area contributed by atoms with Crippen LogP contribution in [0.25, 0.3) is 5.69 Å². The maximum Gasteiger partial charge on any atom is 0.214 e. The van der Waals surface area contributed by atoms with Gasteiger partial charge < -0.3 is 15.4 Å². The van der Waals surface area contributed by atoms with Crippen LogP contribution >= 0.6 is 0 Å². The van der Waals surface area contributed by atoms with Gasteiger partial charge in [-0.25, -0.2) is 4.68 Å². The molecule has 8 heteroatoms. The maximum absolute atomic E-state index is 11.6. The second-order valence-electron chi connectivity index (χ2n) is 6.55. The van der Waals surface area contributed by atoms with Crippen molar-refractivity contribution in [2.45, 2.75) is 19.9 Å². The lowest BCUT2D eigenvalue weighted by molar-refractivity contribution is -0.107. The number of nitrogens with zero attached hydrogens (tertiary/aromatic N) is 4. The molecular formula is C21H23N5O3. The number of amides is 1. The Kier molecular flexibility index (Phi) is 6.23. The lowest BCUT2D eigenvalue weighted by Crippen LogP contribution is -2.24. The molecule has 1 amide bonds. The minimum atomic E-state index is -0.0255. The normalized spacial score (nSPS) is 10.6. The summed E-state index contributed by atoms with van der Waals surface area (Å²) in [6, 6.07) is 14.6. The fourth-order valence-corrected chi connectivity index (χ4v) is 3.22. The Morgan fingerprint density at radius 1 is 1.17 bits per heavy atom. The second-order valence-corrected chi connectivity index (χ2v) is 6.55. The van der Waals surface area contributed by atoms with Crippen LogP contribution in [0, 0.1) is 11.8 Å². The highest BCUT2D eigenvalue weighted by molar-refractivity contribution is 5.75. The third-order valence-electron chi connectivity index (χ3n) is 4.81. The van der Waals surface area contributed by atoms with E-state index >= 15 is 0 Å². The van der Waals surface area contributed by atoms with Gasteiger partial charge in [-0.3, -0.25) is 4.79 Å². The predicted molar refractivity (Wildman–Crippen MR) is 112 cm³/mol. The summed E-state index contributed by atoms with van der Waals surface area (Å²) in [7, 11) is 1.61. The third-order valence-corrected chi connectivity index (χ3v) is 4.81. The molecule has 150 valence electrons. The van der Waals surface area contributed by atoms with Gasteiger partial charge in [0.1, 0.15) is 12.3 Å². The van der Waals surface area contributed by atoms with Gasteiger partial charge in [0.25, 0.3) is 0 Å². The number of aromatic nitrogens is 2. The number of carbonyl (C=O) groups excluding carboxylic acids is 1. The number of hydrogen-bond donors (Lipinski definition) is 1. The number of anilines is 2. The zero-order valence-corrected chi connectivity index (χ0v) is 16.4. The molecule has 0 saturated heterocycles. The highest BCUT2D eigenvalue weighted by Crippen LogP contribution is 2.23. The zero-order valence-electron chi connectivity index (χ0n) is 16.4. The number of nitrogen functional groups attached to an aromatic ring is 1. The molecule has 0 unspecified atom stereocenters. The number of ether oxygens (including phenoxy) is 1. The van der Waals surface area contributed by atoms with Crippen LogP contribution in [0.1, 0.15) is 17.0 Å². The van der Waals surface area contributed by atoms with Crippen LogP contribution in [0.5, 0.6) is 5.75 Å². The van der Waals surface area contributed by atoms with E-state index in [1.165, 1.54) is 0 Å². The molecule has 0 atom stereocenters. The van der Waals surface area contributed by atoms with Crippen LogP contribution in [0.3, 0.4) is 0 Å². The Labute approximate surface area is 168 Å². The highest BCUT2D eigenvalue weighted by Gasteiger charge is 2.17. The molecular weight excluding hydrogens is 370 g/mol.